The molecule has 2 rings (SSSR count). The summed E-state index contributed by atoms with van der Waals surface area (Å²) in [6.45, 7) is 5.45. The molecule has 0 saturated heterocycles. The predicted octanol–water partition coefficient (Wildman–Crippen LogP) is 3.90. The van der Waals surface area contributed by atoms with E-state index in [0.717, 1.165) is 5.56 Å². The molecule has 0 saturated carbocycles. The molecular weight excluding hydrogens is 406 g/mol. The van der Waals surface area contributed by atoms with E-state index >= 15 is 0 Å². The largest absolute Gasteiger partial charge is 0.444 e. The van der Waals surface area contributed by atoms with Crippen molar-refractivity contribution in [2.75, 3.05) is 6.61 Å². The van der Waals surface area contributed by atoms with E-state index in [0.29, 0.717) is 17.2 Å². The van der Waals surface area contributed by atoms with Gasteiger partial charge in [-0.1, -0.05) is 60.1 Å². The van der Waals surface area contributed by atoms with Crippen LogP contribution in [0.4, 0.5) is 4.79 Å². The van der Waals surface area contributed by atoms with E-state index in [1.165, 1.54) is 6.21 Å². The summed E-state index contributed by atoms with van der Waals surface area (Å²) in [6.07, 6.45) is 0.705. The topological polar surface area (TPSA) is 89.0 Å². The second-order valence-electron chi connectivity index (χ2n) is 7.46. The van der Waals surface area contributed by atoms with Crippen molar-refractivity contribution in [1.82, 2.24) is 10.7 Å². The smallest absolute Gasteiger partial charge is 0.408 e. The monoisotopic (exact) mass is 431 g/mol. The van der Waals surface area contributed by atoms with Crippen LogP contribution in [0.3, 0.4) is 0 Å². The van der Waals surface area contributed by atoms with Crippen LogP contribution in [-0.4, -0.2) is 36.5 Å². The van der Waals surface area contributed by atoms with E-state index in [4.69, 9.17) is 21.1 Å². The Balaban J connectivity index is 1.98. The van der Waals surface area contributed by atoms with Gasteiger partial charge < -0.3 is 14.8 Å². The first-order valence-electron chi connectivity index (χ1n) is 9.43. The Bertz CT molecular complexity index is 866. The van der Waals surface area contributed by atoms with Crippen LogP contribution in [-0.2, 0) is 20.9 Å². The lowest BCUT2D eigenvalue weighted by Gasteiger charge is -2.22. The zero-order valence-electron chi connectivity index (χ0n) is 17.2. The van der Waals surface area contributed by atoms with Crippen molar-refractivity contribution < 1.29 is 19.1 Å². The highest BCUT2D eigenvalue weighted by atomic mass is 35.5. The molecule has 1 atom stereocenters. The second kappa shape index (κ2) is 11.3. The number of nitrogens with zero attached hydrogens (tertiary/aromatic N) is 1. The molecule has 0 aliphatic heterocycles. The maximum absolute atomic E-state index is 12.6. The minimum atomic E-state index is -0.994. The van der Waals surface area contributed by atoms with Crippen LogP contribution in [0, 0.1) is 0 Å². The number of alkyl carbamates (subject to hydrolysis) is 1. The number of ether oxygens (including phenoxy) is 2. The van der Waals surface area contributed by atoms with Gasteiger partial charge in [-0.2, -0.15) is 5.10 Å². The fourth-order valence-electron chi connectivity index (χ4n) is 2.32. The van der Waals surface area contributed by atoms with Crippen LogP contribution in [0.25, 0.3) is 0 Å². The van der Waals surface area contributed by atoms with Crippen LogP contribution < -0.4 is 10.7 Å². The molecule has 0 aliphatic carbocycles. The molecule has 160 valence electrons. The number of amides is 2. The molecule has 2 N–H and O–H groups in total. The van der Waals surface area contributed by atoms with Crippen molar-refractivity contribution in [3.8, 4) is 0 Å². The molecule has 0 bridgehead atoms. The number of benzene rings is 2. The van der Waals surface area contributed by atoms with Gasteiger partial charge in [0.1, 0.15) is 11.6 Å². The third-order valence-corrected chi connectivity index (χ3v) is 4.03. The number of carbonyl (C=O) groups excluding carboxylic acids is 2. The quantitative estimate of drug-likeness (QED) is 0.490. The minimum absolute atomic E-state index is 0.0540. The molecule has 0 heterocycles. The van der Waals surface area contributed by atoms with E-state index in [9.17, 15) is 9.59 Å². The summed E-state index contributed by atoms with van der Waals surface area (Å²) in [4.78, 5) is 24.7. The van der Waals surface area contributed by atoms with Gasteiger partial charge in [-0.15, -0.1) is 0 Å². The van der Waals surface area contributed by atoms with Gasteiger partial charge in [-0.3, -0.25) is 4.79 Å². The third-order valence-electron chi connectivity index (χ3n) is 3.69. The van der Waals surface area contributed by atoms with Crippen molar-refractivity contribution in [2.45, 2.75) is 39.0 Å². The van der Waals surface area contributed by atoms with Gasteiger partial charge in [0.05, 0.1) is 19.4 Å². The first kappa shape index (κ1) is 23.4. The predicted molar refractivity (Wildman–Crippen MR) is 116 cm³/mol. The lowest BCUT2D eigenvalue weighted by molar-refractivity contribution is -0.124. The van der Waals surface area contributed by atoms with Gasteiger partial charge in [0.25, 0.3) is 5.91 Å². The summed E-state index contributed by atoms with van der Waals surface area (Å²) < 4.78 is 10.8. The van der Waals surface area contributed by atoms with Crippen LogP contribution in [0.5, 0.6) is 0 Å². The Morgan fingerprint density at radius 2 is 1.77 bits per heavy atom. The van der Waals surface area contributed by atoms with Crippen LogP contribution in [0.2, 0.25) is 5.02 Å². The standard InChI is InChI=1S/C22H26ClN3O4/c1-22(2,3)30-21(28)25-19(15-29-14-16-9-5-4-6-10-16)20(27)26-24-13-17-11-7-8-12-18(17)23/h4-13,19H,14-15H2,1-3H3,(H,25,28)(H,26,27)/b24-13-/t19-/m0/s1. The van der Waals surface area contributed by atoms with Crippen molar-refractivity contribution in [3.63, 3.8) is 0 Å². The summed E-state index contributed by atoms with van der Waals surface area (Å²) in [7, 11) is 0. The SMILES string of the molecule is CC(C)(C)OC(=O)N[C@@H](COCc1ccccc1)C(=O)N/N=C\c1ccccc1Cl. The van der Waals surface area contributed by atoms with Crippen LogP contribution in [0.1, 0.15) is 31.9 Å². The van der Waals surface area contributed by atoms with Crippen molar-refractivity contribution in [2.24, 2.45) is 5.10 Å². The molecule has 8 heteroatoms. The molecule has 30 heavy (non-hydrogen) atoms. The van der Waals surface area contributed by atoms with Crippen LogP contribution >= 0.6 is 11.6 Å². The Kier molecular flexibility index (Phi) is 8.83. The molecular formula is C22H26ClN3O4. The zero-order valence-corrected chi connectivity index (χ0v) is 18.0. The first-order valence-corrected chi connectivity index (χ1v) is 9.81. The molecule has 0 radical (unpaired) electrons. The van der Waals surface area contributed by atoms with Crippen molar-refractivity contribution in [1.29, 1.82) is 0 Å². The molecule has 2 aromatic carbocycles. The van der Waals surface area contributed by atoms with E-state index in [2.05, 4.69) is 15.8 Å². The molecule has 0 aliphatic rings. The van der Waals surface area contributed by atoms with Gasteiger partial charge in [-0.05, 0) is 32.4 Å². The number of hydrogen-bond acceptors (Lipinski definition) is 5. The summed E-state index contributed by atoms with van der Waals surface area (Å²) >= 11 is 6.06. The lowest BCUT2D eigenvalue weighted by Crippen LogP contribution is -2.49. The second-order valence-corrected chi connectivity index (χ2v) is 7.86. The highest BCUT2D eigenvalue weighted by Crippen LogP contribution is 2.12. The molecule has 0 aromatic heterocycles. The maximum atomic E-state index is 12.6. The van der Waals surface area contributed by atoms with E-state index < -0.39 is 23.6 Å². The molecule has 0 spiro atoms. The van der Waals surface area contributed by atoms with E-state index in [1.807, 2.05) is 30.3 Å². The number of carbonyl (C=O) groups is 2. The highest BCUT2D eigenvalue weighted by Gasteiger charge is 2.24. The third kappa shape index (κ3) is 8.63. The van der Waals surface area contributed by atoms with E-state index in [-0.39, 0.29) is 6.61 Å². The minimum Gasteiger partial charge on any atom is -0.444 e. The fraction of sp³-hybridized carbons (Fsp3) is 0.318. The Hall–Kier alpha value is -2.90. The van der Waals surface area contributed by atoms with Crippen molar-refractivity contribution >= 4 is 29.8 Å². The van der Waals surface area contributed by atoms with Gasteiger partial charge in [-0.25, -0.2) is 10.2 Å². The van der Waals surface area contributed by atoms with Crippen molar-refractivity contribution in [3.05, 3.63) is 70.7 Å². The number of rotatable bonds is 8. The highest BCUT2D eigenvalue weighted by molar-refractivity contribution is 6.33. The zero-order chi connectivity index (χ0) is 22.0. The fourth-order valence-corrected chi connectivity index (χ4v) is 2.51. The first-order chi connectivity index (χ1) is 14.2. The molecule has 2 amide bonds. The normalized spacial score (nSPS) is 12.4. The molecule has 0 unspecified atom stereocenters. The number of hydrogen-bond donors (Lipinski definition) is 2. The number of halogens is 1. The Morgan fingerprint density at radius 3 is 2.43 bits per heavy atom. The van der Waals surface area contributed by atoms with E-state index in [1.54, 1.807) is 45.0 Å². The molecule has 0 fully saturated rings. The summed E-state index contributed by atoms with van der Waals surface area (Å²) in [5.74, 6) is -0.544. The molecule has 2 aromatic rings. The maximum Gasteiger partial charge on any atom is 0.408 e. The van der Waals surface area contributed by atoms with Gasteiger partial charge in [0, 0.05) is 10.6 Å². The summed E-state index contributed by atoms with van der Waals surface area (Å²) in [5, 5.41) is 6.94. The summed E-state index contributed by atoms with van der Waals surface area (Å²) in [5.41, 5.74) is 3.30. The average molecular weight is 432 g/mol. The Labute approximate surface area is 181 Å². The van der Waals surface area contributed by atoms with Crippen LogP contribution in [0.15, 0.2) is 59.7 Å². The number of hydrazone groups is 1. The Morgan fingerprint density at radius 1 is 1.10 bits per heavy atom. The van der Waals surface area contributed by atoms with Gasteiger partial charge >= 0.3 is 6.09 Å². The molecule has 7 nitrogen and oxygen atoms in total. The summed E-state index contributed by atoms with van der Waals surface area (Å²) in [6, 6.07) is 15.6. The number of nitrogens with one attached hydrogen (secondary N) is 2. The van der Waals surface area contributed by atoms with Gasteiger partial charge in [0.2, 0.25) is 0 Å². The lowest BCUT2D eigenvalue weighted by atomic mass is 10.2. The van der Waals surface area contributed by atoms with Gasteiger partial charge in [0.15, 0.2) is 0 Å². The average Bonchev–Trinajstić information content (AvgIpc) is 2.68.